The number of ether oxygens (including phenoxy) is 3. The van der Waals surface area contributed by atoms with Crippen molar-refractivity contribution in [1.29, 1.82) is 0 Å². The Labute approximate surface area is 179 Å². The van der Waals surface area contributed by atoms with Crippen LogP contribution in [0, 0.1) is 0 Å². The molecule has 0 spiro atoms. The van der Waals surface area contributed by atoms with Crippen molar-refractivity contribution in [2.75, 3.05) is 20.3 Å². The fourth-order valence-electron chi connectivity index (χ4n) is 2.68. The van der Waals surface area contributed by atoms with E-state index in [4.69, 9.17) is 14.2 Å². The Bertz CT molecular complexity index is 1050. The lowest BCUT2D eigenvalue weighted by Gasteiger charge is -2.11. The van der Waals surface area contributed by atoms with E-state index in [1.165, 1.54) is 25.5 Å². The summed E-state index contributed by atoms with van der Waals surface area (Å²) < 4.78 is 16.2. The van der Waals surface area contributed by atoms with Gasteiger partial charge in [-0.25, -0.2) is 5.43 Å². The number of phenolic OH excluding ortho intramolecular Hbond substituents is 2. The van der Waals surface area contributed by atoms with Gasteiger partial charge in [0.2, 0.25) is 5.75 Å². The summed E-state index contributed by atoms with van der Waals surface area (Å²) in [4.78, 5) is 12.5. The highest BCUT2D eigenvalue weighted by atomic mass is 16.5. The van der Waals surface area contributed by atoms with E-state index < -0.39 is 5.91 Å². The Kier molecular flexibility index (Phi) is 7.31. The standard InChI is InChI=1S/C23H22N2O6/c1-29-21-14-16(13-19(26)22(21)27)15-24-25-23(28)18-9-5-6-10-20(18)31-12-11-30-17-7-3-2-4-8-17/h2-10,13-15,26-27H,11-12H2,1H3,(H,25,28). The van der Waals surface area contributed by atoms with Gasteiger partial charge in [0.1, 0.15) is 24.7 Å². The Morgan fingerprint density at radius 2 is 1.68 bits per heavy atom. The highest BCUT2D eigenvalue weighted by Crippen LogP contribution is 2.35. The molecule has 0 saturated heterocycles. The summed E-state index contributed by atoms with van der Waals surface area (Å²) in [6.45, 7) is 0.583. The van der Waals surface area contributed by atoms with Crippen LogP contribution in [0.15, 0.2) is 71.8 Å². The van der Waals surface area contributed by atoms with Gasteiger partial charge in [0.15, 0.2) is 11.5 Å². The first kappa shape index (κ1) is 21.5. The number of rotatable bonds is 9. The van der Waals surface area contributed by atoms with Crippen LogP contribution in [-0.4, -0.2) is 42.7 Å². The van der Waals surface area contributed by atoms with Gasteiger partial charge >= 0.3 is 0 Å². The summed E-state index contributed by atoms with van der Waals surface area (Å²) in [5, 5.41) is 23.2. The third-order valence-electron chi connectivity index (χ3n) is 4.16. The third-order valence-corrected chi connectivity index (χ3v) is 4.16. The first-order chi connectivity index (χ1) is 15.1. The largest absolute Gasteiger partial charge is 0.504 e. The number of carbonyl (C=O) groups is 1. The van der Waals surface area contributed by atoms with Crippen LogP contribution in [-0.2, 0) is 0 Å². The zero-order chi connectivity index (χ0) is 22.1. The zero-order valence-electron chi connectivity index (χ0n) is 16.8. The number of methoxy groups -OCH3 is 1. The van der Waals surface area contributed by atoms with E-state index in [1.807, 2.05) is 30.3 Å². The molecule has 0 fully saturated rings. The number of aromatic hydroxyl groups is 2. The lowest BCUT2D eigenvalue weighted by molar-refractivity contribution is 0.0950. The van der Waals surface area contributed by atoms with Gasteiger partial charge in [-0.15, -0.1) is 0 Å². The van der Waals surface area contributed by atoms with E-state index >= 15 is 0 Å². The summed E-state index contributed by atoms with van der Waals surface area (Å²) in [6.07, 6.45) is 1.32. The Morgan fingerprint density at radius 3 is 2.45 bits per heavy atom. The van der Waals surface area contributed by atoms with Gasteiger partial charge in [-0.1, -0.05) is 30.3 Å². The molecule has 0 bridgehead atoms. The predicted molar refractivity (Wildman–Crippen MR) is 115 cm³/mol. The SMILES string of the molecule is COc1cc(C=NNC(=O)c2ccccc2OCCOc2ccccc2)cc(O)c1O. The summed E-state index contributed by atoms with van der Waals surface area (Å²) in [5.74, 6) is 0.0313. The summed E-state index contributed by atoms with van der Waals surface area (Å²) in [6, 6.07) is 18.9. The lowest BCUT2D eigenvalue weighted by Crippen LogP contribution is -2.19. The Morgan fingerprint density at radius 1 is 0.968 bits per heavy atom. The highest BCUT2D eigenvalue weighted by Gasteiger charge is 2.12. The molecule has 0 saturated carbocycles. The molecule has 8 nitrogen and oxygen atoms in total. The minimum Gasteiger partial charge on any atom is -0.504 e. The third kappa shape index (κ3) is 5.89. The van der Waals surface area contributed by atoms with Crippen LogP contribution in [0.25, 0.3) is 0 Å². The van der Waals surface area contributed by atoms with Gasteiger partial charge in [0.25, 0.3) is 5.91 Å². The molecule has 3 aromatic rings. The molecule has 0 aromatic heterocycles. The maximum atomic E-state index is 12.5. The minimum absolute atomic E-state index is 0.0873. The number of hydrogen-bond donors (Lipinski definition) is 3. The molecular formula is C23H22N2O6. The van der Waals surface area contributed by atoms with E-state index in [-0.39, 0.29) is 23.9 Å². The van der Waals surface area contributed by atoms with Crippen LogP contribution in [0.1, 0.15) is 15.9 Å². The molecule has 3 aromatic carbocycles. The number of nitrogens with zero attached hydrogens (tertiary/aromatic N) is 1. The molecule has 0 heterocycles. The molecule has 160 valence electrons. The quantitative estimate of drug-likeness (QED) is 0.211. The van der Waals surface area contributed by atoms with Gasteiger partial charge in [-0.05, 0) is 36.4 Å². The monoisotopic (exact) mass is 422 g/mol. The van der Waals surface area contributed by atoms with Crippen molar-refractivity contribution in [3.63, 3.8) is 0 Å². The average molecular weight is 422 g/mol. The van der Waals surface area contributed by atoms with Gasteiger partial charge in [0.05, 0.1) is 18.9 Å². The fraction of sp³-hybridized carbons (Fsp3) is 0.130. The number of amides is 1. The van der Waals surface area contributed by atoms with Crippen LogP contribution in [0.3, 0.4) is 0 Å². The smallest absolute Gasteiger partial charge is 0.275 e. The maximum absolute atomic E-state index is 12.5. The van der Waals surface area contributed by atoms with E-state index in [0.717, 1.165) is 5.75 Å². The number of phenols is 2. The Hall–Kier alpha value is -4.20. The average Bonchev–Trinajstić information content (AvgIpc) is 2.79. The van der Waals surface area contributed by atoms with E-state index in [1.54, 1.807) is 24.3 Å². The summed E-state index contributed by atoms with van der Waals surface area (Å²) in [5.41, 5.74) is 3.15. The molecule has 31 heavy (non-hydrogen) atoms. The van der Waals surface area contributed by atoms with Crippen LogP contribution in [0.2, 0.25) is 0 Å². The van der Waals surface area contributed by atoms with E-state index in [2.05, 4.69) is 10.5 Å². The lowest BCUT2D eigenvalue weighted by atomic mass is 10.2. The first-order valence-corrected chi connectivity index (χ1v) is 9.41. The number of hydrazone groups is 1. The molecular weight excluding hydrogens is 400 g/mol. The van der Waals surface area contributed by atoms with Crippen LogP contribution < -0.4 is 19.6 Å². The first-order valence-electron chi connectivity index (χ1n) is 9.41. The van der Waals surface area contributed by atoms with Crippen molar-refractivity contribution >= 4 is 12.1 Å². The fourth-order valence-corrected chi connectivity index (χ4v) is 2.68. The molecule has 0 aliphatic rings. The van der Waals surface area contributed by atoms with Gasteiger partial charge in [-0.2, -0.15) is 5.10 Å². The van der Waals surface area contributed by atoms with Crippen molar-refractivity contribution in [3.8, 4) is 28.7 Å². The minimum atomic E-state index is -0.467. The number of nitrogens with one attached hydrogen (secondary N) is 1. The summed E-state index contributed by atoms with van der Waals surface area (Å²) in [7, 11) is 1.36. The zero-order valence-corrected chi connectivity index (χ0v) is 16.8. The van der Waals surface area contributed by atoms with Crippen molar-refractivity contribution in [3.05, 3.63) is 77.9 Å². The number of benzene rings is 3. The second-order valence-corrected chi connectivity index (χ2v) is 6.30. The van der Waals surface area contributed by atoms with Gasteiger partial charge in [0, 0.05) is 5.56 Å². The molecule has 3 N–H and O–H groups in total. The van der Waals surface area contributed by atoms with Crippen molar-refractivity contribution in [2.45, 2.75) is 0 Å². The normalized spacial score (nSPS) is 10.6. The van der Waals surface area contributed by atoms with Crippen molar-refractivity contribution in [1.82, 2.24) is 5.43 Å². The molecule has 3 rings (SSSR count). The van der Waals surface area contributed by atoms with E-state index in [9.17, 15) is 15.0 Å². The number of para-hydroxylation sites is 2. The van der Waals surface area contributed by atoms with Crippen LogP contribution in [0.4, 0.5) is 0 Å². The Balaban J connectivity index is 1.58. The van der Waals surface area contributed by atoms with Crippen LogP contribution >= 0.6 is 0 Å². The predicted octanol–water partition coefficient (Wildman–Crippen LogP) is 3.33. The highest BCUT2D eigenvalue weighted by molar-refractivity contribution is 5.97. The number of carbonyl (C=O) groups excluding carboxylic acids is 1. The van der Waals surface area contributed by atoms with Crippen molar-refractivity contribution in [2.24, 2.45) is 5.10 Å². The molecule has 0 unspecified atom stereocenters. The van der Waals surface area contributed by atoms with Gasteiger partial charge in [-0.3, -0.25) is 4.79 Å². The summed E-state index contributed by atoms with van der Waals surface area (Å²) >= 11 is 0. The molecule has 0 atom stereocenters. The number of hydrogen-bond acceptors (Lipinski definition) is 7. The molecule has 0 radical (unpaired) electrons. The van der Waals surface area contributed by atoms with Crippen LogP contribution in [0.5, 0.6) is 28.7 Å². The molecule has 1 amide bonds. The topological polar surface area (TPSA) is 110 Å². The van der Waals surface area contributed by atoms with E-state index in [0.29, 0.717) is 23.5 Å². The van der Waals surface area contributed by atoms with Crippen molar-refractivity contribution < 1.29 is 29.2 Å². The maximum Gasteiger partial charge on any atom is 0.275 e. The molecule has 0 aliphatic heterocycles. The second kappa shape index (κ2) is 10.5. The molecule has 0 aliphatic carbocycles. The second-order valence-electron chi connectivity index (χ2n) is 6.30. The van der Waals surface area contributed by atoms with Gasteiger partial charge < -0.3 is 24.4 Å². The molecule has 8 heteroatoms.